The number of nitrogens with zero attached hydrogens (tertiary/aromatic N) is 5. The molecule has 142 valence electrons. The third kappa shape index (κ3) is 3.52. The minimum Gasteiger partial charge on any atom is -0.324 e. The molecule has 4 rings (SSSR count). The maximum Gasteiger partial charge on any atom is 0.142 e. The zero-order chi connectivity index (χ0) is 19.7. The topological polar surface area (TPSA) is 72.3 Å². The van der Waals surface area contributed by atoms with Gasteiger partial charge in [0.15, 0.2) is 0 Å². The van der Waals surface area contributed by atoms with Crippen molar-refractivity contribution >= 4 is 5.65 Å². The van der Waals surface area contributed by atoms with Crippen molar-refractivity contribution in [3.05, 3.63) is 71.8 Å². The molecule has 0 radical (unpaired) electrons. The Hall–Kier alpha value is -3.09. The summed E-state index contributed by atoms with van der Waals surface area (Å²) in [5.74, 6) is 0.617. The fraction of sp³-hybridized carbons (Fsp3) is 0.227. The van der Waals surface area contributed by atoms with E-state index < -0.39 is 0 Å². The van der Waals surface area contributed by atoms with Gasteiger partial charge in [0.1, 0.15) is 11.5 Å². The summed E-state index contributed by atoms with van der Waals surface area (Å²) in [5.41, 5.74) is 12.8. The van der Waals surface area contributed by atoms with Crippen LogP contribution in [-0.2, 0) is 13.1 Å². The van der Waals surface area contributed by atoms with Crippen molar-refractivity contribution in [3.63, 3.8) is 0 Å². The van der Waals surface area contributed by atoms with Gasteiger partial charge in [0.2, 0.25) is 0 Å². The molecule has 4 aromatic rings. The predicted octanol–water partition coefficient (Wildman–Crippen LogP) is 3.29. The molecule has 0 saturated heterocycles. The van der Waals surface area contributed by atoms with Crippen molar-refractivity contribution in [2.24, 2.45) is 5.73 Å². The van der Waals surface area contributed by atoms with Crippen LogP contribution in [0, 0.1) is 6.92 Å². The van der Waals surface area contributed by atoms with Gasteiger partial charge in [0.25, 0.3) is 0 Å². The molecule has 28 heavy (non-hydrogen) atoms. The van der Waals surface area contributed by atoms with Crippen molar-refractivity contribution in [1.29, 1.82) is 0 Å². The molecule has 0 aliphatic rings. The third-order valence-corrected chi connectivity index (χ3v) is 4.65. The summed E-state index contributed by atoms with van der Waals surface area (Å²) in [6.45, 7) is 3.25. The Labute approximate surface area is 164 Å². The summed E-state index contributed by atoms with van der Waals surface area (Å²) in [6, 6.07) is 14.6. The fourth-order valence-corrected chi connectivity index (χ4v) is 3.34. The van der Waals surface area contributed by atoms with Gasteiger partial charge in [-0.05, 0) is 44.8 Å². The second-order valence-electron chi connectivity index (χ2n) is 7.24. The van der Waals surface area contributed by atoms with E-state index in [0.717, 1.165) is 34.8 Å². The first kappa shape index (κ1) is 18.3. The first-order valence-corrected chi connectivity index (χ1v) is 9.30. The van der Waals surface area contributed by atoms with Crippen LogP contribution in [0.2, 0.25) is 0 Å². The van der Waals surface area contributed by atoms with Gasteiger partial charge in [-0.2, -0.15) is 0 Å². The minimum atomic E-state index is 0.303. The monoisotopic (exact) mass is 372 g/mol. The maximum absolute atomic E-state index is 5.76. The number of hydrogen-bond acceptors (Lipinski definition) is 5. The Kier molecular flexibility index (Phi) is 4.90. The van der Waals surface area contributed by atoms with Crippen molar-refractivity contribution in [2.75, 3.05) is 14.1 Å². The molecule has 0 amide bonds. The van der Waals surface area contributed by atoms with Crippen molar-refractivity contribution in [2.45, 2.75) is 20.0 Å². The van der Waals surface area contributed by atoms with E-state index in [2.05, 4.69) is 82.9 Å². The first-order chi connectivity index (χ1) is 13.5. The van der Waals surface area contributed by atoms with Gasteiger partial charge in [-0.1, -0.05) is 29.8 Å². The molecule has 3 heterocycles. The van der Waals surface area contributed by atoms with Crippen LogP contribution >= 0.6 is 0 Å². The lowest BCUT2D eigenvalue weighted by atomic mass is 10.1. The standard InChI is InChI=1S/C22H24N6/c1-15-4-6-17(7-5-15)21-22(18-8-10-24-19(13-23)25-18)28-11-9-16(14-27(2)3)12-20(28)26-21/h4-12H,13-14,23H2,1-3H3. The van der Waals surface area contributed by atoms with E-state index in [1.54, 1.807) is 6.20 Å². The number of nitrogens with two attached hydrogens (primary N) is 1. The van der Waals surface area contributed by atoms with Gasteiger partial charge in [0.05, 0.1) is 23.6 Å². The Bertz CT molecular complexity index is 1110. The lowest BCUT2D eigenvalue weighted by Gasteiger charge is -2.10. The van der Waals surface area contributed by atoms with Crippen molar-refractivity contribution in [3.8, 4) is 22.6 Å². The van der Waals surface area contributed by atoms with Gasteiger partial charge in [-0.3, -0.25) is 4.40 Å². The molecular weight excluding hydrogens is 348 g/mol. The van der Waals surface area contributed by atoms with E-state index in [-0.39, 0.29) is 0 Å². The molecule has 0 aliphatic carbocycles. The molecule has 1 aromatic carbocycles. The van der Waals surface area contributed by atoms with Crippen LogP contribution in [0.5, 0.6) is 0 Å². The number of benzene rings is 1. The number of fused-ring (bicyclic) bond motifs is 1. The van der Waals surface area contributed by atoms with Gasteiger partial charge < -0.3 is 10.6 Å². The van der Waals surface area contributed by atoms with Crippen LogP contribution in [0.15, 0.2) is 54.9 Å². The molecule has 0 atom stereocenters. The van der Waals surface area contributed by atoms with Crippen LogP contribution in [0.4, 0.5) is 0 Å². The van der Waals surface area contributed by atoms with Gasteiger partial charge >= 0.3 is 0 Å². The number of aromatic nitrogens is 4. The average Bonchev–Trinajstić information content (AvgIpc) is 3.06. The van der Waals surface area contributed by atoms with E-state index in [4.69, 9.17) is 10.7 Å². The van der Waals surface area contributed by atoms with Gasteiger partial charge in [-0.25, -0.2) is 15.0 Å². The van der Waals surface area contributed by atoms with E-state index in [9.17, 15) is 0 Å². The summed E-state index contributed by atoms with van der Waals surface area (Å²) in [7, 11) is 4.13. The molecule has 3 aromatic heterocycles. The zero-order valence-electron chi connectivity index (χ0n) is 16.4. The normalized spacial score (nSPS) is 11.5. The van der Waals surface area contributed by atoms with Crippen molar-refractivity contribution < 1.29 is 0 Å². The highest BCUT2D eigenvalue weighted by atomic mass is 15.1. The smallest absolute Gasteiger partial charge is 0.142 e. The summed E-state index contributed by atoms with van der Waals surface area (Å²) in [4.78, 5) is 16.0. The molecule has 6 nitrogen and oxygen atoms in total. The molecule has 6 heteroatoms. The highest BCUT2D eigenvalue weighted by molar-refractivity contribution is 5.80. The van der Waals surface area contributed by atoms with Crippen molar-refractivity contribution in [1.82, 2.24) is 24.3 Å². The molecule has 0 aliphatic heterocycles. The van der Waals surface area contributed by atoms with E-state index in [1.807, 2.05) is 6.07 Å². The number of pyridine rings is 1. The number of rotatable bonds is 5. The second-order valence-corrected chi connectivity index (χ2v) is 7.24. The molecule has 0 spiro atoms. The Balaban J connectivity index is 1.95. The van der Waals surface area contributed by atoms with E-state index in [0.29, 0.717) is 12.4 Å². The third-order valence-electron chi connectivity index (χ3n) is 4.65. The van der Waals surface area contributed by atoms with Crippen LogP contribution in [0.3, 0.4) is 0 Å². The van der Waals surface area contributed by atoms with Gasteiger partial charge in [0, 0.05) is 24.5 Å². The highest BCUT2D eigenvalue weighted by Crippen LogP contribution is 2.32. The number of hydrogen-bond donors (Lipinski definition) is 1. The minimum absolute atomic E-state index is 0.303. The molecule has 0 unspecified atom stereocenters. The predicted molar refractivity (Wildman–Crippen MR) is 112 cm³/mol. The quantitative estimate of drug-likeness (QED) is 0.582. The Morgan fingerprint density at radius 1 is 1.04 bits per heavy atom. The summed E-state index contributed by atoms with van der Waals surface area (Å²) >= 11 is 0. The maximum atomic E-state index is 5.76. The molecule has 2 N–H and O–H groups in total. The molecule has 0 bridgehead atoms. The van der Waals surface area contributed by atoms with Crippen LogP contribution in [0.25, 0.3) is 28.3 Å². The average molecular weight is 372 g/mol. The largest absolute Gasteiger partial charge is 0.324 e. The van der Waals surface area contributed by atoms with E-state index >= 15 is 0 Å². The summed E-state index contributed by atoms with van der Waals surface area (Å²) < 4.78 is 2.09. The molecular formula is C22H24N6. The zero-order valence-corrected chi connectivity index (χ0v) is 16.4. The van der Waals surface area contributed by atoms with E-state index in [1.165, 1.54) is 11.1 Å². The Morgan fingerprint density at radius 2 is 1.82 bits per heavy atom. The summed E-state index contributed by atoms with van der Waals surface area (Å²) in [5, 5.41) is 0. The molecule has 0 fully saturated rings. The van der Waals surface area contributed by atoms with Gasteiger partial charge in [-0.15, -0.1) is 0 Å². The molecule has 0 saturated carbocycles. The van der Waals surface area contributed by atoms with Crippen LogP contribution < -0.4 is 5.73 Å². The Morgan fingerprint density at radius 3 is 2.54 bits per heavy atom. The van der Waals surface area contributed by atoms with Crippen LogP contribution in [-0.4, -0.2) is 38.3 Å². The summed E-state index contributed by atoms with van der Waals surface area (Å²) in [6.07, 6.45) is 3.82. The SMILES string of the molecule is Cc1ccc(-c2nc3cc(CN(C)C)ccn3c2-c2ccnc(CN)n2)cc1. The number of imidazole rings is 1. The lowest BCUT2D eigenvalue weighted by Crippen LogP contribution is -2.10. The lowest BCUT2D eigenvalue weighted by molar-refractivity contribution is 0.402. The highest BCUT2D eigenvalue weighted by Gasteiger charge is 2.18. The fourth-order valence-electron chi connectivity index (χ4n) is 3.34. The second kappa shape index (κ2) is 7.50. The first-order valence-electron chi connectivity index (χ1n) is 9.30. The number of aryl methyl sites for hydroxylation is 1. The van der Waals surface area contributed by atoms with Crippen LogP contribution in [0.1, 0.15) is 17.0 Å².